The van der Waals surface area contributed by atoms with Gasteiger partial charge in [-0.3, -0.25) is 5.43 Å². The van der Waals surface area contributed by atoms with Crippen molar-refractivity contribution in [2.45, 2.75) is 6.92 Å². The van der Waals surface area contributed by atoms with E-state index in [4.69, 9.17) is 11.6 Å². The van der Waals surface area contributed by atoms with E-state index in [1.807, 2.05) is 24.4 Å². The molecule has 0 radical (unpaired) electrons. The van der Waals surface area contributed by atoms with Gasteiger partial charge in [0, 0.05) is 15.5 Å². The second-order valence-electron chi connectivity index (χ2n) is 3.77. The summed E-state index contributed by atoms with van der Waals surface area (Å²) in [5.41, 5.74) is 4.10. The molecule has 0 spiro atoms. The van der Waals surface area contributed by atoms with Crippen LogP contribution in [-0.2, 0) is 0 Å². The molecule has 0 aliphatic heterocycles. The number of carboxylic acids is 1. The highest BCUT2D eigenvalue weighted by molar-refractivity contribution is 7.12. The molecule has 6 heteroatoms. The fourth-order valence-corrected chi connectivity index (χ4v) is 2.31. The third-order valence-corrected chi connectivity index (χ3v) is 3.72. The third kappa shape index (κ3) is 3.33. The predicted molar refractivity (Wildman–Crippen MR) is 75.9 cm³/mol. The number of benzene rings is 1. The lowest BCUT2D eigenvalue weighted by Gasteiger charge is -2.08. The molecule has 1 aromatic heterocycles. The number of nitrogens with one attached hydrogen (secondary N) is 1. The average Bonchev–Trinajstić information content (AvgIpc) is 2.91. The first-order valence-corrected chi connectivity index (χ1v) is 6.69. The minimum atomic E-state index is -1.31. The zero-order valence-electron chi connectivity index (χ0n) is 10.0. The molecule has 0 saturated carbocycles. The maximum absolute atomic E-state index is 10.8. The van der Waals surface area contributed by atoms with Gasteiger partial charge in [0.15, 0.2) is 0 Å². The number of carbonyl (C=O) groups is 1. The molecule has 0 bridgehead atoms. The van der Waals surface area contributed by atoms with Crippen LogP contribution < -0.4 is 10.5 Å². The van der Waals surface area contributed by atoms with Crippen molar-refractivity contribution in [3.05, 3.63) is 51.2 Å². The van der Waals surface area contributed by atoms with E-state index in [0.717, 1.165) is 10.6 Å². The van der Waals surface area contributed by atoms with Gasteiger partial charge in [-0.25, -0.2) is 0 Å². The van der Waals surface area contributed by atoms with Gasteiger partial charge in [0.2, 0.25) is 0 Å². The Morgan fingerprint density at radius 2 is 2.21 bits per heavy atom. The van der Waals surface area contributed by atoms with Crippen molar-refractivity contribution < 1.29 is 9.90 Å². The Morgan fingerprint density at radius 1 is 1.42 bits per heavy atom. The van der Waals surface area contributed by atoms with Crippen molar-refractivity contribution in [3.63, 3.8) is 0 Å². The monoisotopic (exact) mass is 293 g/mol. The van der Waals surface area contributed by atoms with Crippen LogP contribution in [0.15, 0.2) is 40.8 Å². The van der Waals surface area contributed by atoms with Gasteiger partial charge in [0.05, 0.1) is 17.4 Å². The summed E-state index contributed by atoms with van der Waals surface area (Å²) in [6, 6.07) is 8.43. The first kappa shape index (κ1) is 13.6. The lowest BCUT2D eigenvalue weighted by Crippen LogP contribution is -2.22. The summed E-state index contributed by atoms with van der Waals surface area (Å²) in [7, 11) is 0. The molecule has 1 heterocycles. The van der Waals surface area contributed by atoms with Crippen molar-refractivity contribution in [1.82, 2.24) is 0 Å². The first-order valence-electron chi connectivity index (χ1n) is 5.43. The minimum absolute atomic E-state index is 0.0596. The number of hydrazone groups is 1. The van der Waals surface area contributed by atoms with Crippen LogP contribution in [0.3, 0.4) is 0 Å². The van der Waals surface area contributed by atoms with E-state index < -0.39 is 5.97 Å². The van der Waals surface area contributed by atoms with Crippen LogP contribution in [0.2, 0.25) is 5.02 Å². The maximum Gasteiger partial charge on any atom is 0.0747 e. The molecule has 1 aromatic carbocycles. The molecule has 0 aliphatic rings. The fraction of sp³-hybridized carbons (Fsp3) is 0.0769. The van der Waals surface area contributed by atoms with Crippen LogP contribution in [0.4, 0.5) is 5.69 Å². The molecule has 2 rings (SSSR count). The van der Waals surface area contributed by atoms with Gasteiger partial charge in [-0.05, 0) is 36.6 Å². The van der Waals surface area contributed by atoms with Gasteiger partial charge in [-0.15, -0.1) is 11.3 Å². The van der Waals surface area contributed by atoms with Gasteiger partial charge in [-0.2, -0.15) is 5.10 Å². The minimum Gasteiger partial charge on any atom is -0.545 e. The Kier molecular flexibility index (Phi) is 4.19. The molecule has 0 aliphatic carbocycles. The molecule has 98 valence electrons. The zero-order chi connectivity index (χ0) is 13.8. The quantitative estimate of drug-likeness (QED) is 0.696. The van der Waals surface area contributed by atoms with E-state index >= 15 is 0 Å². The van der Waals surface area contributed by atoms with Crippen LogP contribution >= 0.6 is 22.9 Å². The van der Waals surface area contributed by atoms with E-state index in [2.05, 4.69) is 10.5 Å². The Hall–Kier alpha value is -1.85. The number of hydrogen-bond donors (Lipinski definition) is 1. The zero-order valence-corrected chi connectivity index (χ0v) is 11.6. The summed E-state index contributed by atoms with van der Waals surface area (Å²) in [5, 5.41) is 17.1. The van der Waals surface area contributed by atoms with Crippen molar-refractivity contribution in [2.75, 3.05) is 5.43 Å². The van der Waals surface area contributed by atoms with Crippen LogP contribution in [0, 0.1) is 0 Å². The SMILES string of the molecule is C/C(=N/Nc1ccc(Cl)c(C(=O)[O-])c1)c1cccs1. The molecule has 0 saturated heterocycles. The largest absolute Gasteiger partial charge is 0.545 e. The first-order chi connectivity index (χ1) is 9.08. The molecular weight excluding hydrogens is 284 g/mol. The van der Waals surface area contributed by atoms with Gasteiger partial charge >= 0.3 is 0 Å². The Morgan fingerprint density at radius 3 is 2.84 bits per heavy atom. The molecule has 19 heavy (non-hydrogen) atoms. The van der Waals surface area contributed by atoms with Crippen molar-refractivity contribution in [1.29, 1.82) is 0 Å². The van der Waals surface area contributed by atoms with Crippen LogP contribution in [0.5, 0.6) is 0 Å². The van der Waals surface area contributed by atoms with E-state index in [1.54, 1.807) is 17.4 Å². The number of thiophene rings is 1. The maximum atomic E-state index is 10.8. The van der Waals surface area contributed by atoms with E-state index in [0.29, 0.717) is 5.69 Å². The summed E-state index contributed by atoms with van der Waals surface area (Å²) in [5.74, 6) is -1.31. The number of hydrogen-bond acceptors (Lipinski definition) is 5. The average molecular weight is 294 g/mol. The van der Waals surface area contributed by atoms with Gasteiger partial charge in [-0.1, -0.05) is 17.7 Å². The summed E-state index contributed by atoms with van der Waals surface area (Å²) in [6.45, 7) is 1.87. The standard InChI is InChI=1S/C13H11ClN2O2S/c1-8(12-3-2-6-19-12)15-16-9-4-5-11(14)10(7-9)13(17)18/h2-7,16H,1H3,(H,17,18)/p-1/b15-8-. The van der Waals surface area contributed by atoms with Crippen molar-refractivity contribution in [3.8, 4) is 0 Å². The molecule has 0 fully saturated rings. The lowest BCUT2D eigenvalue weighted by atomic mass is 10.2. The highest BCUT2D eigenvalue weighted by atomic mass is 35.5. The second kappa shape index (κ2) is 5.86. The number of anilines is 1. The van der Waals surface area contributed by atoms with Crippen LogP contribution in [0.25, 0.3) is 0 Å². The van der Waals surface area contributed by atoms with Crippen LogP contribution in [0.1, 0.15) is 22.2 Å². The number of carbonyl (C=O) groups excluding carboxylic acids is 1. The third-order valence-electron chi connectivity index (χ3n) is 2.42. The smallest absolute Gasteiger partial charge is 0.0747 e. The molecular formula is C13H10ClN2O2S-. The normalized spacial score (nSPS) is 11.4. The molecule has 1 N–H and O–H groups in total. The molecule has 4 nitrogen and oxygen atoms in total. The van der Waals surface area contributed by atoms with E-state index in [9.17, 15) is 9.90 Å². The van der Waals surface area contributed by atoms with E-state index in [-0.39, 0.29) is 10.6 Å². The van der Waals surface area contributed by atoms with Crippen molar-refractivity contribution >= 4 is 40.3 Å². The highest BCUT2D eigenvalue weighted by Gasteiger charge is 2.03. The Balaban J connectivity index is 2.18. The van der Waals surface area contributed by atoms with E-state index in [1.165, 1.54) is 12.1 Å². The summed E-state index contributed by atoms with van der Waals surface area (Å²) < 4.78 is 0. The summed E-state index contributed by atoms with van der Waals surface area (Å²) in [6.07, 6.45) is 0. The Labute approximate surface area is 119 Å². The Bertz CT molecular complexity index is 624. The van der Waals surface area contributed by atoms with Crippen molar-refractivity contribution in [2.24, 2.45) is 5.10 Å². The molecule has 0 unspecified atom stereocenters. The number of carboxylic acid groups (broad SMARTS) is 1. The number of aromatic carboxylic acids is 1. The topological polar surface area (TPSA) is 64.5 Å². The highest BCUT2D eigenvalue weighted by Crippen LogP contribution is 2.20. The fourth-order valence-electron chi connectivity index (χ4n) is 1.44. The second-order valence-corrected chi connectivity index (χ2v) is 5.12. The van der Waals surface area contributed by atoms with Gasteiger partial charge in [0.1, 0.15) is 0 Å². The molecule has 0 amide bonds. The van der Waals surface area contributed by atoms with Gasteiger partial charge in [0.25, 0.3) is 0 Å². The summed E-state index contributed by atoms with van der Waals surface area (Å²) >= 11 is 7.33. The lowest BCUT2D eigenvalue weighted by molar-refractivity contribution is -0.255. The predicted octanol–water partition coefficient (Wildman–Crippen LogP) is 2.60. The summed E-state index contributed by atoms with van der Waals surface area (Å²) in [4.78, 5) is 11.9. The van der Waals surface area contributed by atoms with Crippen LogP contribution in [-0.4, -0.2) is 11.7 Å². The number of nitrogens with zero attached hydrogens (tertiary/aromatic N) is 1. The van der Waals surface area contributed by atoms with Gasteiger partial charge < -0.3 is 9.90 Å². The number of rotatable bonds is 4. The molecule has 0 atom stereocenters. The number of halogens is 1. The molecule has 2 aromatic rings.